The predicted molar refractivity (Wildman–Crippen MR) is 111 cm³/mol. The molecule has 0 saturated heterocycles. The number of aromatic nitrogens is 2. The van der Waals surface area contributed by atoms with Crippen LogP contribution in [0.2, 0.25) is 5.02 Å². The van der Waals surface area contributed by atoms with Crippen molar-refractivity contribution in [3.05, 3.63) is 32.4 Å². The van der Waals surface area contributed by atoms with Gasteiger partial charge in [0, 0.05) is 5.92 Å². The van der Waals surface area contributed by atoms with Crippen LogP contribution in [0.1, 0.15) is 75.6 Å². The van der Waals surface area contributed by atoms with Gasteiger partial charge in [-0.3, -0.25) is 14.3 Å². The fraction of sp³-hybridized carbons (Fsp3) is 0.474. The van der Waals surface area contributed by atoms with Gasteiger partial charge in [-0.15, -0.1) is 11.3 Å². The number of rotatable bonds is 7. The van der Waals surface area contributed by atoms with Crippen molar-refractivity contribution in [2.24, 2.45) is 5.73 Å². The third-order valence-corrected chi connectivity index (χ3v) is 6.55. The number of ether oxygens (including phenoxy) is 1. The topological polar surface area (TPSA) is 116 Å². The zero-order valence-electron chi connectivity index (χ0n) is 17.3. The van der Waals surface area contributed by atoms with Crippen LogP contribution < -0.4 is 11.1 Å². The summed E-state index contributed by atoms with van der Waals surface area (Å²) in [5, 5.41) is 5.57. The molecule has 1 fully saturated rings. The molecular weight excluding hydrogens is 473 g/mol. The maximum Gasteiger partial charge on any atom is 0.436 e. The molecule has 2 heterocycles. The minimum atomic E-state index is -4.78. The second-order valence-electron chi connectivity index (χ2n) is 7.27. The Bertz CT molecular complexity index is 1090. The van der Waals surface area contributed by atoms with Gasteiger partial charge in [-0.2, -0.15) is 18.3 Å². The number of alkyl halides is 3. The number of amides is 2. The van der Waals surface area contributed by atoms with E-state index >= 15 is 0 Å². The number of esters is 1. The smallest absolute Gasteiger partial charge is 0.436 e. The molecule has 2 amide bonds. The highest BCUT2D eigenvalue weighted by Crippen LogP contribution is 2.47. The summed E-state index contributed by atoms with van der Waals surface area (Å²) >= 11 is 6.75. The van der Waals surface area contributed by atoms with Gasteiger partial charge in [0.15, 0.2) is 5.69 Å². The molecule has 2 aromatic heterocycles. The Labute approximate surface area is 189 Å². The van der Waals surface area contributed by atoms with E-state index in [1.807, 2.05) is 0 Å². The summed E-state index contributed by atoms with van der Waals surface area (Å²) in [5.74, 6) is -2.53. The monoisotopic (exact) mass is 492 g/mol. The van der Waals surface area contributed by atoms with E-state index in [1.54, 1.807) is 6.92 Å². The van der Waals surface area contributed by atoms with Crippen molar-refractivity contribution in [3.63, 3.8) is 0 Å². The first kappa shape index (κ1) is 24.1. The Balaban J connectivity index is 1.97. The Morgan fingerprint density at radius 1 is 1.38 bits per heavy atom. The molecule has 174 valence electrons. The van der Waals surface area contributed by atoms with Crippen molar-refractivity contribution >= 4 is 45.7 Å². The molecule has 2 aromatic rings. The van der Waals surface area contributed by atoms with Gasteiger partial charge in [0.25, 0.3) is 5.91 Å². The van der Waals surface area contributed by atoms with Crippen molar-refractivity contribution < 1.29 is 32.3 Å². The van der Waals surface area contributed by atoms with Gasteiger partial charge in [-0.25, -0.2) is 4.79 Å². The van der Waals surface area contributed by atoms with Crippen molar-refractivity contribution in [1.82, 2.24) is 9.78 Å². The summed E-state index contributed by atoms with van der Waals surface area (Å²) in [5.41, 5.74) is 4.44. The number of nitrogens with one attached hydrogen (secondary N) is 1. The molecule has 3 N–H and O–H groups in total. The third-order valence-electron chi connectivity index (χ3n) is 4.95. The first-order valence-electron chi connectivity index (χ1n) is 9.64. The SMILES string of the molecule is CCOC(=O)c1c(NC(=O)C(C)n2nc(C(F)(F)F)c(Cl)c2C2CC2)sc(C(N)=O)c1C. The van der Waals surface area contributed by atoms with Gasteiger partial charge in [-0.05, 0) is 39.2 Å². The lowest BCUT2D eigenvalue weighted by molar-refractivity contribution is -0.141. The number of thiophene rings is 1. The molecule has 3 rings (SSSR count). The minimum absolute atomic E-state index is 0.00821. The molecule has 1 aliphatic carbocycles. The number of nitrogens with zero attached hydrogens (tertiary/aromatic N) is 2. The molecule has 1 unspecified atom stereocenters. The van der Waals surface area contributed by atoms with Gasteiger partial charge in [0.05, 0.1) is 27.8 Å². The lowest BCUT2D eigenvalue weighted by Gasteiger charge is -2.16. The molecule has 0 bridgehead atoms. The number of carbonyl (C=O) groups excluding carboxylic acids is 3. The molecule has 1 saturated carbocycles. The lowest BCUT2D eigenvalue weighted by atomic mass is 10.1. The van der Waals surface area contributed by atoms with Crippen molar-refractivity contribution in [3.8, 4) is 0 Å². The zero-order chi connectivity index (χ0) is 24.0. The Kier molecular flexibility index (Phi) is 6.57. The molecule has 1 atom stereocenters. The molecule has 8 nitrogen and oxygen atoms in total. The Morgan fingerprint density at radius 2 is 2.00 bits per heavy atom. The Morgan fingerprint density at radius 3 is 2.50 bits per heavy atom. The number of carbonyl (C=O) groups is 3. The van der Waals surface area contributed by atoms with Crippen LogP contribution in [0.15, 0.2) is 0 Å². The number of hydrogen-bond donors (Lipinski definition) is 2. The highest BCUT2D eigenvalue weighted by molar-refractivity contribution is 7.18. The van der Waals surface area contributed by atoms with Crippen LogP contribution in [0.5, 0.6) is 0 Å². The van der Waals surface area contributed by atoms with Crippen LogP contribution in [0.3, 0.4) is 0 Å². The fourth-order valence-corrected chi connectivity index (χ4v) is 4.68. The number of anilines is 1. The minimum Gasteiger partial charge on any atom is -0.462 e. The van der Waals surface area contributed by atoms with Gasteiger partial charge in [0.1, 0.15) is 11.0 Å². The maximum absolute atomic E-state index is 13.3. The van der Waals surface area contributed by atoms with Crippen LogP contribution in [-0.4, -0.2) is 34.2 Å². The average molecular weight is 493 g/mol. The molecule has 0 aliphatic heterocycles. The molecule has 0 aromatic carbocycles. The van der Waals surface area contributed by atoms with E-state index < -0.39 is 40.7 Å². The highest BCUT2D eigenvalue weighted by Gasteiger charge is 2.43. The summed E-state index contributed by atoms with van der Waals surface area (Å²) in [6.07, 6.45) is -3.51. The summed E-state index contributed by atoms with van der Waals surface area (Å²) < 4.78 is 45.9. The Hall–Kier alpha value is -2.60. The number of primary amides is 1. The first-order chi connectivity index (χ1) is 14.9. The van der Waals surface area contributed by atoms with Crippen LogP contribution in [0.4, 0.5) is 18.2 Å². The molecule has 1 aliphatic rings. The molecule has 0 radical (unpaired) electrons. The number of hydrogen-bond acceptors (Lipinski definition) is 6. The summed E-state index contributed by atoms with van der Waals surface area (Å²) in [6.45, 7) is 4.49. The molecular formula is C19H20ClF3N4O4S. The standard InChI is InChI=1S/C19H20ClF3N4O4S/c1-4-31-18(30)10-7(2)13(15(24)28)32-17(10)25-16(29)8(3)27-12(9-5-6-9)11(20)14(26-27)19(21,22)23/h8-9H,4-6H2,1-3H3,(H2,24,28)(H,25,29). The van der Waals surface area contributed by atoms with Gasteiger partial charge in [0.2, 0.25) is 5.91 Å². The van der Waals surface area contributed by atoms with Gasteiger partial charge >= 0.3 is 12.1 Å². The maximum atomic E-state index is 13.3. The van der Waals surface area contributed by atoms with Crippen LogP contribution in [0, 0.1) is 6.92 Å². The normalized spacial score (nSPS) is 14.8. The van der Waals surface area contributed by atoms with E-state index in [0.29, 0.717) is 12.8 Å². The molecule has 13 heteroatoms. The largest absolute Gasteiger partial charge is 0.462 e. The van der Waals surface area contributed by atoms with Crippen molar-refractivity contribution in [2.45, 2.75) is 51.7 Å². The molecule has 32 heavy (non-hydrogen) atoms. The van der Waals surface area contributed by atoms with E-state index in [1.165, 1.54) is 13.8 Å². The second kappa shape index (κ2) is 8.74. The first-order valence-corrected chi connectivity index (χ1v) is 10.8. The number of halogens is 4. The molecule has 0 spiro atoms. The average Bonchev–Trinajstić information content (AvgIpc) is 3.37. The van der Waals surface area contributed by atoms with Crippen LogP contribution >= 0.6 is 22.9 Å². The highest BCUT2D eigenvalue weighted by atomic mass is 35.5. The predicted octanol–water partition coefficient (Wildman–Crippen LogP) is 4.28. The van der Waals surface area contributed by atoms with Crippen molar-refractivity contribution in [1.29, 1.82) is 0 Å². The van der Waals surface area contributed by atoms with E-state index in [2.05, 4.69) is 10.4 Å². The van der Waals surface area contributed by atoms with E-state index in [4.69, 9.17) is 22.1 Å². The number of nitrogens with two attached hydrogens (primary N) is 1. The van der Waals surface area contributed by atoms with Crippen molar-refractivity contribution in [2.75, 3.05) is 11.9 Å². The summed E-state index contributed by atoms with van der Waals surface area (Å²) in [7, 11) is 0. The lowest BCUT2D eigenvalue weighted by Crippen LogP contribution is -2.26. The van der Waals surface area contributed by atoms with E-state index in [-0.39, 0.29) is 39.2 Å². The second-order valence-corrected chi connectivity index (χ2v) is 8.67. The van der Waals surface area contributed by atoms with E-state index in [0.717, 1.165) is 16.0 Å². The van der Waals surface area contributed by atoms with E-state index in [9.17, 15) is 27.6 Å². The van der Waals surface area contributed by atoms with Crippen LogP contribution in [0.25, 0.3) is 0 Å². The summed E-state index contributed by atoms with van der Waals surface area (Å²) in [6, 6.07) is -1.19. The third kappa shape index (κ3) is 4.46. The van der Waals surface area contributed by atoms with Crippen LogP contribution in [-0.2, 0) is 15.7 Å². The summed E-state index contributed by atoms with van der Waals surface area (Å²) in [4.78, 5) is 37.1. The fourth-order valence-electron chi connectivity index (χ4n) is 3.24. The van der Waals surface area contributed by atoms with Gasteiger partial charge in [-0.1, -0.05) is 11.6 Å². The quantitative estimate of drug-likeness (QED) is 0.560. The zero-order valence-corrected chi connectivity index (χ0v) is 18.9. The van der Waals surface area contributed by atoms with Gasteiger partial charge < -0.3 is 15.8 Å².